The lowest BCUT2D eigenvalue weighted by atomic mass is 9.97. The van der Waals surface area contributed by atoms with Crippen molar-refractivity contribution in [3.63, 3.8) is 0 Å². The first-order valence-corrected chi connectivity index (χ1v) is 10.2. The van der Waals surface area contributed by atoms with Gasteiger partial charge in [-0.3, -0.25) is 14.2 Å². The van der Waals surface area contributed by atoms with Gasteiger partial charge in [0.1, 0.15) is 17.1 Å². The summed E-state index contributed by atoms with van der Waals surface area (Å²) >= 11 is 0. The zero-order chi connectivity index (χ0) is 21.5. The molecule has 156 valence electrons. The van der Waals surface area contributed by atoms with Crippen LogP contribution in [0.25, 0.3) is 16.7 Å². The van der Waals surface area contributed by atoms with E-state index in [1.54, 1.807) is 43.3 Å². The van der Waals surface area contributed by atoms with Gasteiger partial charge in [-0.25, -0.2) is 4.98 Å². The number of likely N-dealkylation sites (tertiary alicyclic amines) is 1. The molecule has 0 aliphatic carbocycles. The van der Waals surface area contributed by atoms with Crippen molar-refractivity contribution in [2.45, 2.75) is 12.8 Å². The zero-order valence-electron chi connectivity index (χ0n) is 17.3. The van der Waals surface area contributed by atoms with Gasteiger partial charge < -0.3 is 14.6 Å². The van der Waals surface area contributed by atoms with Crippen molar-refractivity contribution in [2.24, 2.45) is 0 Å². The summed E-state index contributed by atoms with van der Waals surface area (Å²) in [6, 6.07) is 16.9. The van der Waals surface area contributed by atoms with Crippen LogP contribution in [0.15, 0.2) is 65.6 Å². The van der Waals surface area contributed by atoms with Crippen molar-refractivity contribution in [3.05, 3.63) is 88.1 Å². The maximum Gasteiger partial charge on any atom is 0.268 e. The number of carbonyl (C=O) groups is 1. The number of para-hydroxylation sites is 4. The maximum atomic E-state index is 13.3. The topological polar surface area (TPSA) is 80.2 Å². The van der Waals surface area contributed by atoms with Crippen LogP contribution in [0.2, 0.25) is 0 Å². The number of amides is 1. The molecule has 0 bridgehead atoms. The van der Waals surface area contributed by atoms with E-state index in [2.05, 4.69) is 9.97 Å². The van der Waals surface area contributed by atoms with Gasteiger partial charge >= 0.3 is 0 Å². The standard InChI is InChI=1S/C24H22N4O3/c1-15-11-12-28(19-9-5-6-10-20(19)31-2)24(30)21(15)23(29)27-13-16(14-27)22-25-17-7-3-4-8-18(17)26-22/h3-12,16H,13-14H2,1-2H3,(H,25,26). The van der Waals surface area contributed by atoms with Crippen LogP contribution in [0.4, 0.5) is 0 Å². The zero-order valence-corrected chi connectivity index (χ0v) is 17.3. The molecule has 1 amide bonds. The van der Waals surface area contributed by atoms with E-state index < -0.39 is 0 Å². The fourth-order valence-electron chi connectivity index (χ4n) is 4.05. The van der Waals surface area contributed by atoms with Crippen molar-refractivity contribution in [2.75, 3.05) is 20.2 Å². The fraction of sp³-hybridized carbons (Fsp3) is 0.208. The van der Waals surface area contributed by atoms with Gasteiger partial charge in [-0.15, -0.1) is 0 Å². The molecule has 5 rings (SSSR count). The second-order valence-corrected chi connectivity index (χ2v) is 7.77. The van der Waals surface area contributed by atoms with Crippen molar-refractivity contribution < 1.29 is 9.53 Å². The molecule has 7 heteroatoms. The lowest BCUT2D eigenvalue weighted by Gasteiger charge is -2.38. The summed E-state index contributed by atoms with van der Waals surface area (Å²) in [5.74, 6) is 1.33. The monoisotopic (exact) mass is 414 g/mol. The average molecular weight is 414 g/mol. The van der Waals surface area contributed by atoms with Gasteiger partial charge in [0.2, 0.25) is 0 Å². The van der Waals surface area contributed by atoms with Crippen LogP contribution in [-0.4, -0.2) is 45.5 Å². The number of carbonyl (C=O) groups excluding carboxylic acids is 1. The number of hydrogen-bond acceptors (Lipinski definition) is 4. The normalized spacial score (nSPS) is 13.9. The lowest BCUT2D eigenvalue weighted by molar-refractivity contribution is 0.0592. The molecule has 0 saturated carbocycles. The Hall–Kier alpha value is -3.87. The maximum absolute atomic E-state index is 13.3. The van der Waals surface area contributed by atoms with E-state index in [0.29, 0.717) is 30.1 Å². The molecule has 0 radical (unpaired) electrons. The van der Waals surface area contributed by atoms with Crippen LogP contribution < -0.4 is 10.3 Å². The first kappa shape index (κ1) is 19.1. The third kappa shape index (κ3) is 3.18. The number of hydrogen-bond donors (Lipinski definition) is 1. The van der Waals surface area contributed by atoms with Gasteiger partial charge in [0.05, 0.1) is 29.7 Å². The summed E-state index contributed by atoms with van der Waals surface area (Å²) in [7, 11) is 1.56. The number of nitrogens with one attached hydrogen (secondary N) is 1. The largest absolute Gasteiger partial charge is 0.495 e. The van der Waals surface area contributed by atoms with Gasteiger partial charge in [-0.1, -0.05) is 24.3 Å². The molecule has 31 heavy (non-hydrogen) atoms. The smallest absolute Gasteiger partial charge is 0.268 e. The second-order valence-electron chi connectivity index (χ2n) is 7.77. The number of benzene rings is 2. The summed E-state index contributed by atoms with van der Waals surface area (Å²) in [6.45, 7) is 2.85. The number of nitrogens with zero attached hydrogens (tertiary/aromatic N) is 3. The molecule has 2 aromatic carbocycles. The minimum absolute atomic E-state index is 0.136. The van der Waals surface area contributed by atoms with Crippen LogP contribution in [0.5, 0.6) is 5.75 Å². The van der Waals surface area contributed by atoms with Gasteiger partial charge in [0, 0.05) is 19.3 Å². The quantitative estimate of drug-likeness (QED) is 0.556. The van der Waals surface area contributed by atoms with E-state index >= 15 is 0 Å². The summed E-state index contributed by atoms with van der Waals surface area (Å²) in [5, 5.41) is 0. The Kier molecular flexibility index (Phi) is 4.58. The summed E-state index contributed by atoms with van der Waals surface area (Å²) in [5.41, 5.74) is 3.01. The highest BCUT2D eigenvalue weighted by molar-refractivity contribution is 5.96. The SMILES string of the molecule is COc1ccccc1-n1ccc(C)c(C(=O)N2CC(c3nc4ccccc4[nH]3)C2)c1=O. The predicted molar refractivity (Wildman–Crippen MR) is 118 cm³/mol. The molecule has 1 aliphatic rings. The predicted octanol–water partition coefficient (Wildman–Crippen LogP) is 3.27. The van der Waals surface area contributed by atoms with Crippen LogP contribution in [0.1, 0.15) is 27.7 Å². The summed E-state index contributed by atoms with van der Waals surface area (Å²) in [6.07, 6.45) is 1.68. The molecule has 1 fully saturated rings. The number of fused-ring (bicyclic) bond motifs is 1. The minimum atomic E-state index is -0.346. The third-order valence-electron chi connectivity index (χ3n) is 5.82. The molecule has 7 nitrogen and oxygen atoms in total. The molecule has 3 heterocycles. The number of aromatic nitrogens is 3. The highest BCUT2D eigenvalue weighted by atomic mass is 16.5. The Labute approximate surface area is 178 Å². The molecule has 0 atom stereocenters. The third-order valence-corrected chi connectivity index (χ3v) is 5.82. The van der Waals surface area contributed by atoms with Crippen molar-refractivity contribution in [1.82, 2.24) is 19.4 Å². The van der Waals surface area contributed by atoms with Crippen LogP contribution >= 0.6 is 0 Å². The van der Waals surface area contributed by atoms with Crippen molar-refractivity contribution in [3.8, 4) is 11.4 Å². The number of aromatic amines is 1. The second kappa shape index (κ2) is 7.43. The first-order chi connectivity index (χ1) is 15.1. The van der Waals surface area contributed by atoms with Crippen molar-refractivity contribution >= 4 is 16.9 Å². The Bertz CT molecular complexity index is 1320. The van der Waals surface area contributed by atoms with Gasteiger partial charge in [0.25, 0.3) is 11.5 Å². The Morgan fingerprint density at radius 3 is 2.61 bits per heavy atom. The molecular weight excluding hydrogens is 392 g/mol. The van der Waals surface area contributed by atoms with Gasteiger partial charge in [-0.05, 0) is 42.8 Å². The summed E-state index contributed by atoms with van der Waals surface area (Å²) in [4.78, 5) is 36.1. The number of aryl methyl sites for hydroxylation is 1. The molecule has 1 aliphatic heterocycles. The highest BCUT2D eigenvalue weighted by Gasteiger charge is 2.36. The number of methoxy groups -OCH3 is 1. The fourth-order valence-corrected chi connectivity index (χ4v) is 4.05. The first-order valence-electron chi connectivity index (χ1n) is 10.2. The van der Waals surface area contributed by atoms with E-state index in [4.69, 9.17) is 4.74 Å². The van der Waals surface area contributed by atoms with Crippen molar-refractivity contribution in [1.29, 1.82) is 0 Å². The molecule has 1 saturated heterocycles. The molecule has 0 unspecified atom stereocenters. The number of H-pyrrole nitrogens is 1. The van der Waals surface area contributed by atoms with E-state index in [9.17, 15) is 9.59 Å². The Morgan fingerprint density at radius 2 is 1.84 bits per heavy atom. The number of rotatable bonds is 4. The molecule has 2 aromatic heterocycles. The Balaban J connectivity index is 1.42. The van der Waals surface area contributed by atoms with E-state index in [0.717, 1.165) is 16.9 Å². The molecular formula is C24H22N4O3. The Morgan fingerprint density at radius 1 is 1.10 bits per heavy atom. The van der Waals surface area contributed by atoms with Gasteiger partial charge in [-0.2, -0.15) is 0 Å². The minimum Gasteiger partial charge on any atom is -0.495 e. The molecule has 4 aromatic rings. The van der Waals surface area contributed by atoms with Gasteiger partial charge in [0.15, 0.2) is 0 Å². The highest BCUT2D eigenvalue weighted by Crippen LogP contribution is 2.28. The van der Waals surface area contributed by atoms with Crippen LogP contribution in [0, 0.1) is 6.92 Å². The average Bonchev–Trinajstić information content (AvgIpc) is 3.16. The van der Waals surface area contributed by atoms with E-state index in [1.165, 1.54) is 4.57 Å². The number of pyridine rings is 1. The molecule has 0 spiro atoms. The van der Waals surface area contributed by atoms with Crippen LogP contribution in [-0.2, 0) is 0 Å². The van der Waals surface area contributed by atoms with Crippen LogP contribution in [0.3, 0.4) is 0 Å². The lowest BCUT2D eigenvalue weighted by Crippen LogP contribution is -2.50. The number of imidazole rings is 1. The molecule has 1 N–H and O–H groups in total. The van der Waals surface area contributed by atoms with E-state index in [-0.39, 0.29) is 22.9 Å². The van der Waals surface area contributed by atoms with E-state index in [1.807, 2.05) is 36.4 Å². The number of ether oxygens (including phenoxy) is 1. The summed E-state index contributed by atoms with van der Waals surface area (Å²) < 4.78 is 6.86.